The summed E-state index contributed by atoms with van der Waals surface area (Å²) in [6.45, 7) is 1.22. The molecule has 34 heavy (non-hydrogen) atoms. The number of rotatable bonds is 7. The summed E-state index contributed by atoms with van der Waals surface area (Å²) in [6.07, 6.45) is 1.67. The van der Waals surface area contributed by atoms with E-state index in [0.717, 1.165) is 5.56 Å². The number of hydrogen-bond acceptors (Lipinski definition) is 5. The molecular formula is C25H28N4O5. The van der Waals surface area contributed by atoms with Crippen molar-refractivity contribution in [1.82, 2.24) is 20.0 Å². The van der Waals surface area contributed by atoms with Crippen LogP contribution >= 0.6 is 0 Å². The first-order chi connectivity index (χ1) is 16.5. The number of amides is 2. The summed E-state index contributed by atoms with van der Waals surface area (Å²) in [7, 11) is 1.59. The van der Waals surface area contributed by atoms with Gasteiger partial charge in [-0.2, -0.15) is 0 Å². The minimum atomic E-state index is -0.360. The van der Waals surface area contributed by atoms with E-state index in [1.54, 1.807) is 31.4 Å². The molecule has 1 aliphatic rings. The Bertz CT molecular complexity index is 1300. The second kappa shape index (κ2) is 10.4. The van der Waals surface area contributed by atoms with Gasteiger partial charge in [-0.05, 0) is 31.0 Å². The van der Waals surface area contributed by atoms with Crippen molar-refractivity contribution >= 4 is 22.6 Å². The predicted octanol–water partition coefficient (Wildman–Crippen LogP) is 1.44. The molecule has 0 aliphatic carbocycles. The number of carbonyl (C=O) groups excluding carboxylic acids is 2. The van der Waals surface area contributed by atoms with Crippen LogP contribution in [0.4, 0.5) is 0 Å². The van der Waals surface area contributed by atoms with Crippen LogP contribution in [-0.4, -0.2) is 52.7 Å². The number of aryl methyl sites for hydroxylation is 1. The molecule has 1 saturated heterocycles. The molecule has 2 heterocycles. The minimum Gasteiger partial charge on any atom is -0.496 e. The van der Waals surface area contributed by atoms with Crippen molar-refractivity contribution in [2.75, 3.05) is 20.2 Å². The Hall–Kier alpha value is -3.88. The molecule has 1 aliphatic heterocycles. The zero-order valence-electron chi connectivity index (χ0n) is 19.1. The van der Waals surface area contributed by atoms with Crippen molar-refractivity contribution in [3.63, 3.8) is 0 Å². The maximum Gasteiger partial charge on any atom is 0.273 e. The van der Waals surface area contributed by atoms with E-state index in [9.17, 15) is 19.2 Å². The van der Waals surface area contributed by atoms with Gasteiger partial charge in [0.15, 0.2) is 0 Å². The van der Waals surface area contributed by atoms with Gasteiger partial charge in [0.25, 0.3) is 11.1 Å². The summed E-state index contributed by atoms with van der Waals surface area (Å²) in [5.74, 6) is 0.540. The van der Waals surface area contributed by atoms with Crippen molar-refractivity contribution in [2.24, 2.45) is 0 Å². The highest BCUT2D eigenvalue weighted by Crippen LogP contribution is 2.20. The Morgan fingerprint density at radius 1 is 1.03 bits per heavy atom. The lowest BCUT2D eigenvalue weighted by Gasteiger charge is -2.32. The summed E-state index contributed by atoms with van der Waals surface area (Å²) >= 11 is 0. The van der Waals surface area contributed by atoms with Crippen LogP contribution in [0.3, 0.4) is 0 Å². The molecule has 0 atom stereocenters. The van der Waals surface area contributed by atoms with E-state index in [4.69, 9.17) is 4.74 Å². The average Bonchev–Trinajstić information content (AvgIpc) is 2.86. The molecule has 9 heteroatoms. The summed E-state index contributed by atoms with van der Waals surface area (Å²) in [4.78, 5) is 51.7. The monoisotopic (exact) mass is 464 g/mol. The molecule has 2 aromatic carbocycles. The second-order valence-electron chi connectivity index (χ2n) is 8.40. The quantitative estimate of drug-likeness (QED) is 0.549. The molecule has 1 fully saturated rings. The van der Waals surface area contributed by atoms with Crippen LogP contribution in [-0.2, 0) is 22.6 Å². The Morgan fingerprint density at radius 3 is 2.44 bits per heavy atom. The highest BCUT2D eigenvalue weighted by Gasteiger charge is 2.24. The number of nitrogens with one attached hydrogen (secondary N) is 2. The van der Waals surface area contributed by atoms with E-state index < -0.39 is 0 Å². The number of hydrogen-bond donors (Lipinski definition) is 2. The maximum absolute atomic E-state index is 12.7. The molecule has 0 saturated carbocycles. The number of aromatic nitrogens is 2. The van der Waals surface area contributed by atoms with E-state index >= 15 is 0 Å². The predicted molar refractivity (Wildman–Crippen MR) is 128 cm³/mol. The number of H-pyrrole nitrogens is 1. The third kappa shape index (κ3) is 5.19. The smallest absolute Gasteiger partial charge is 0.273 e. The largest absolute Gasteiger partial charge is 0.496 e. The molecule has 0 unspecified atom stereocenters. The van der Waals surface area contributed by atoms with Gasteiger partial charge in [-0.1, -0.05) is 30.3 Å². The van der Waals surface area contributed by atoms with Crippen LogP contribution in [0.15, 0.2) is 58.1 Å². The fraction of sp³-hybridized carbons (Fsp3) is 0.360. The number of fused-ring (bicyclic) bond motifs is 1. The zero-order chi connectivity index (χ0) is 24.1. The third-order valence-corrected chi connectivity index (χ3v) is 6.19. The fourth-order valence-electron chi connectivity index (χ4n) is 4.31. The van der Waals surface area contributed by atoms with Gasteiger partial charge in [0.05, 0.1) is 30.8 Å². The van der Waals surface area contributed by atoms with Crippen LogP contribution in [0.1, 0.15) is 24.8 Å². The van der Waals surface area contributed by atoms with E-state index in [1.165, 1.54) is 4.68 Å². The molecule has 3 aromatic rings. The number of nitrogens with zero attached hydrogens (tertiary/aromatic N) is 2. The summed E-state index contributed by atoms with van der Waals surface area (Å²) in [5.41, 5.74) is 0.165. The van der Waals surface area contributed by atoms with E-state index in [-0.39, 0.29) is 48.4 Å². The number of aromatic amines is 1. The zero-order valence-corrected chi connectivity index (χ0v) is 19.1. The van der Waals surface area contributed by atoms with Crippen molar-refractivity contribution in [3.8, 4) is 5.75 Å². The SMILES string of the molecule is COc1ccccc1CC(=O)N1CCC(NC(=O)CCn2[nH]c(=O)c3ccccc3c2=O)CC1. The lowest BCUT2D eigenvalue weighted by Crippen LogP contribution is -2.47. The van der Waals surface area contributed by atoms with E-state index in [1.807, 2.05) is 29.2 Å². The van der Waals surface area contributed by atoms with Crippen molar-refractivity contribution < 1.29 is 14.3 Å². The highest BCUT2D eigenvalue weighted by molar-refractivity contribution is 5.81. The van der Waals surface area contributed by atoms with Crippen LogP contribution in [0.2, 0.25) is 0 Å². The van der Waals surface area contributed by atoms with Gasteiger partial charge in [-0.3, -0.25) is 24.3 Å². The molecule has 178 valence electrons. The van der Waals surface area contributed by atoms with Crippen LogP contribution in [0.5, 0.6) is 5.75 Å². The van der Waals surface area contributed by atoms with E-state index in [0.29, 0.717) is 42.5 Å². The first kappa shape index (κ1) is 23.3. The third-order valence-electron chi connectivity index (χ3n) is 6.19. The molecule has 2 amide bonds. The van der Waals surface area contributed by atoms with Gasteiger partial charge >= 0.3 is 0 Å². The molecule has 9 nitrogen and oxygen atoms in total. The lowest BCUT2D eigenvalue weighted by atomic mass is 10.0. The second-order valence-corrected chi connectivity index (χ2v) is 8.40. The van der Waals surface area contributed by atoms with Gasteiger partial charge in [-0.25, -0.2) is 4.68 Å². The van der Waals surface area contributed by atoms with Crippen LogP contribution in [0.25, 0.3) is 10.8 Å². The van der Waals surface area contributed by atoms with Gasteiger partial charge < -0.3 is 15.0 Å². The van der Waals surface area contributed by atoms with Crippen molar-refractivity contribution in [2.45, 2.75) is 38.3 Å². The maximum atomic E-state index is 12.7. The average molecular weight is 465 g/mol. The number of ether oxygens (including phenoxy) is 1. The summed E-state index contributed by atoms with van der Waals surface area (Å²) in [5, 5.41) is 6.19. The van der Waals surface area contributed by atoms with Gasteiger partial charge in [0.1, 0.15) is 5.75 Å². The van der Waals surface area contributed by atoms with Gasteiger partial charge in [0.2, 0.25) is 11.8 Å². The Labute approximate surface area is 196 Å². The van der Waals surface area contributed by atoms with Crippen LogP contribution < -0.4 is 21.2 Å². The molecule has 0 radical (unpaired) electrons. The fourth-order valence-corrected chi connectivity index (χ4v) is 4.31. The topological polar surface area (TPSA) is 114 Å². The molecule has 0 bridgehead atoms. The minimum absolute atomic E-state index is 0.0322. The number of carbonyl (C=O) groups is 2. The summed E-state index contributed by atoms with van der Waals surface area (Å²) in [6, 6.07) is 14.1. The number of benzene rings is 2. The van der Waals surface area contributed by atoms with E-state index in [2.05, 4.69) is 10.4 Å². The standard InChI is InChI=1S/C25H28N4O5/c1-34-21-9-5-2-6-17(21)16-23(31)28-13-10-18(11-14-28)26-22(30)12-15-29-25(33)20-8-4-3-7-19(20)24(32)27-29/h2-9,18H,10-16H2,1H3,(H,26,30)(H,27,32). The Kier molecular flexibility index (Phi) is 7.10. The molecule has 1 aromatic heterocycles. The first-order valence-corrected chi connectivity index (χ1v) is 11.4. The highest BCUT2D eigenvalue weighted by atomic mass is 16.5. The van der Waals surface area contributed by atoms with Gasteiger partial charge in [0, 0.05) is 31.1 Å². The van der Waals surface area contributed by atoms with Crippen molar-refractivity contribution in [1.29, 1.82) is 0 Å². The number of methoxy groups -OCH3 is 1. The Balaban J connectivity index is 1.27. The summed E-state index contributed by atoms with van der Waals surface area (Å²) < 4.78 is 6.51. The lowest BCUT2D eigenvalue weighted by molar-refractivity contribution is -0.131. The normalized spacial score (nSPS) is 14.2. The van der Waals surface area contributed by atoms with Gasteiger partial charge in [-0.15, -0.1) is 0 Å². The van der Waals surface area contributed by atoms with Crippen molar-refractivity contribution in [3.05, 3.63) is 74.8 Å². The molecular weight excluding hydrogens is 436 g/mol. The number of para-hydroxylation sites is 1. The first-order valence-electron chi connectivity index (χ1n) is 11.4. The van der Waals surface area contributed by atoms with Crippen LogP contribution in [0, 0.1) is 0 Å². The molecule has 2 N–H and O–H groups in total. The number of likely N-dealkylation sites (tertiary alicyclic amines) is 1. The Morgan fingerprint density at radius 2 is 1.71 bits per heavy atom. The molecule has 0 spiro atoms. The number of piperidine rings is 1. The molecule has 4 rings (SSSR count).